The molecule has 8 nitrogen and oxygen atoms in total. The van der Waals surface area contributed by atoms with Gasteiger partial charge in [0.15, 0.2) is 5.78 Å². The van der Waals surface area contributed by atoms with Crippen molar-refractivity contribution < 1.29 is 28.2 Å². The zero-order valence-electron chi connectivity index (χ0n) is 20.2. The minimum atomic E-state index is -0.881. The molecule has 4 rings (SSSR count). The lowest BCUT2D eigenvalue weighted by Crippen LogP contribution is -2.51. The van der Waals surface area contributed by atoms with Crippen molar-refractivity contribution in [2.45, 2.75) is 38.6 Å². The van der Waals surface area contributed by atoms with E-state index in [1.165, 1.54) is 31.1 Å². The molecule has 1 fully saturated rings. The summed E-state index contributed by atoms with van der Waals surface area (Å²) in [5.74, 6) is -0.884. The van der Waals surface area contributed by atoms with Gasteiger partial charge in [0.05, 0.1) is 23.8 Å². The zero-order valence-corrected chi connectivity index (χ0v) is 21.0. The van der Waals surface area contributed by atoms with E-state index in [1.54, 1.807) is 42.1 Å². The van der Waals surface area contributed by atoms with Gasteiger partial charge in [-0.1, -0.05) is 23.7 Å². The van der Waals surface area contributed by atoms with E-state index < -0.39 is 23.9 Å². The first-order chi connectivity index (χ1) is 17.2. The summed E-state index contributed by atoms with van der Waals surface area (Å²) < 4.78 is 26.7. The van der Waals surface area contributed by atoms with Crippen LogP contribution in [-0.2, 0) is 27.4 Å². The van der Waals surface area contributed by atoms with Gasteiger partial charge in [0.25, 0.3) is 0 Å². The Bertz CT molecular complexity index is 1320. The van der Waals surface area contributed by atoms with Crippen LogP contribution < -0.4 is 10.1 Å². The maximum Gasteiger partial charge on any atom is 0.245 e. The topological polar surface area (TPSA) is 89.9 Å². The molecule has 190 valence electrons. The molecule has 2 amide bonds. The van der Waals surface area contributed by atoms with E-state index >= 15 is 0 Å². The van der Waals surface area contributed by atoms with Gasteiger partial charge in [-0.3, -0.25) is 14.4 Å². The van der Waals surface area contributed by atoms with Crippen LogP contribution in [0.4, 0.5) is 4.39 Å². The Morgan fingerprint density at radius 2 is 1.97 bits per heavy atom. The SMILES string of the molecule is COc1ccc2c(C(C)=O)cn(CC(=O)N3CC[C@@H](OC)[C@H]3C(=O)NCc3cccc(Cl)c3F)c2c1. The molecule has 0 radical (unpaired) electrons. The van der Waals surface area contributed by atoms with Crippen LogP contribution in [0.5, 0.6) is 5.75 Å². The monoisotopic (exact) mass is 515 g/mol. The fourth-order valence-corrected chi connectivity index (χ4v) is 4.81. The number of amides is 2. The van der Waals surface area contributed by atoms with Gasteiger partial charge in [-0.15, -0.1) is 0 Å². The van der Waals surface area contributed by atoms with Gasteiger partial charge in [-0.25, -0.2) is 4.39 Å². The zero-order chi connectivity index (χ0) is 26.0. The summed E-state index contributed by atoms with van der Waals surface area (Å²) in [7, 11) is 3.03. The molecular formula is C26H27ClFN3O5. The second-order valence-corrected chi connectivity index (χ2v) is 9.04. The highest BCUT2D eigenvalue weighted by atomic mass is 35.5. The molecule has 0 spiro atoms. The van der Waals surface area contributed by atoms with E-state index in [-0.39, 0.29) is 35.4 Å². The van der Waals surface area contributed by atoms with Crippen LogP contribution in [0.25, 0.3) is 10.9 Å². The fraction of sp³-hybridized carbons (Fsp3) is 0.346. The largest absolute Gasteiger partial charge is 0.497 e. The maximum atomic E-state index is 14.3. The summed E-state index contributed by atoms with van der Waals surface area (Å²) in [5, 5.41) is 3.39. The third-order valence-electron chi connectivity index (χ3n) is 6.49. The van der Waals surface area contributed by atoms with Crippen molar-refractivity contribution in [1.29, 1.82) is 0 Å². The summed E-state index contributed by atoms with van der Waals surface area (Å²) in [6, 6.07) is 8.99. The van der Waals surface area contributed by atoms with Crippen LogP contribution in [0.1, 0.15) is 29.3 Å². The number of Topliss-reactive ketones (excluding diaryl/α,β-unsaturated/α-hetero) is 1. The Hall–Kier alpha value is -3.43. The average molecular weight is 516 g/mol. The summed E-state index contributed by atoms with van der Waals surface area (Å²) >= 11 is 5.83. The highest BCUT2D eigenvalue weighted by Crippen LogP contribution is 2.28. The molecule has 0 unspecified atom stereocenters. The number of ether oxygens (including phenoxy) is 2. The predicted molar refractivity (Wildman–Crippen MR) is 133 cm³/mol. The highest BCUT2D eigenvalue weighted by Gasteiger charge is 2.42. The Balaban J connectivity index is 1.56. The van der Waals surface area contributed by atoms with E-state index in [2.05, 4.69) is 5.32 Å². The number of benzene rings is 2. The van der Waals surface area contributed by atoms with E-state index in [9.17, 15) is 18.8 Å². The van der Waals surface area contributed by atoms with Crippen molar-refractivity contribution in [3.05, 3.63) is 64.6 Å². The number of hydrogen-bond acceptors (Lipinski definition) is 5. The van der Waals surface area contributed by atoms with Crippen molar-refractivity contribution >= 4 is 40.1 Å². The number of fused-ring (bicyclic) bond motifs is 1. The molecule has 1 aliphatic heterocycles. The quantitative estimate of drug-likeness (QED) is 0.463. The van der Waals surface area contributed by atoms with E-state index in [4.69, 9.17) is 21.1 Å². The second-order valence-electron chi connectivity index (χ2n) is 8.64. The number of rotatable bonds is 8. The van der Waals surface area contributed by atoms with Crippen LogP contribution in [0.3, 0.4) is 0 Å². The lowest BCUT2D eigenvalue weighted by atomic mass is 10.1. The molecule has 1 N–H and O–H groups in total. The normalized spacial score (nSPS) is 17.4. The lowest BCUT2D eigenvalue weighted by molar-refractivity contribution is -0.141. The standard InChI is InChI=1S/C26H27ClFN3O5/c1-15(32)19-13-30(21-11-17(35-2)7-8-18(19)21)14-23(33)31-10-9-22(36-3)25(31)26(34)29-12-16-5-4-6-20(27)24(16)28/h4-8,11,13,22,25H,9-10,12,14H2,1-3H3,(H,29,34)/t22-,25+/m1/s1. The Kier molecular flexibility index (Phi) is 7.61. The highest BCUT2D eigenvalue weighted by molar-refractivity contribution is 6.30. The second kappa shape index (κ2) is 10.7. The van der Waals surface area contributed by atoms with Crippen LogP contribution in [0.2, 0.25) is 5.02 Å². The lowest BCUT2D eigenvalue weighted by Gasteiger charge is -2.27. The molecule has 1 aliphatic rings. The molecule has 0 aliphatic carbocycles. The molecule has 3 aromatic rings. The third-order valence-corrected chi connectivity index (χ3v) is 6.79. The van der Waals surface area contributed by atoms with Crippen LogP contribution >= 0.6 is 11.6 Å². The number of halogens is 2. The number of ketones is 1. The van der Waals surface area contributed by atoms with E-state index in [0.29, 0.717) is 35.2 Å². The first kappa shape index (κ1) is 25.7. The number of likely N-dealkylation sites (tertiary alicyclic amines) is 1. The van der Waals surface area contributed by atoms with Crippen LogP contribution in [0, 0.1) is 5.82 Å². The van der Waals surface area contributed by atoms with Gasteiger partial charge in [-0.2, -0.15) is 0 Å². The molecule has 2 heterocycles. The van der Waals surface area contributed by atoms with Gasteiger partial charge < -0.3 is 24.3 Å². The number of hydrogen-bond donors (Lipinski definition) is 1. The van der Waals surface area contributed by atoms with Crippen LogP contribution in [-0.4, -0.2) is 60.0 Å². The smallest absolute Gasteiger partial charge is 0.245 e. The Labute approximate surface area is 212 Å². The summed E-state index contributed by atoms with van der Waals surface area (Å²) in [4.78, 5) is 40.2. The van der Waals surface area contributed by atoms with E-state index in [0.717, 1.165) is 0 Å². The predicted octanol–water partition coefficient (Wildman–Crippen LogP) is 3.58. The van der Waals surface area contributed by atoms with Gasteiger partial charge in [-0.05, 0) is 31.5 Å². The number of nitrogens with zero attached hydrogens (tertiary/aromatic N) is 2. The van der Waals surface area contributed by atoms with E-state index in [1.807, 2.05) is 0 Å². The van der Waals surface area contributed by atoms with Crippen LogP contribution in [0.15, 0.2) is 42.6 Å². The van der Waals surface area contributed by atoms with Crippen molar-refractivity contribution in [2.24, 2.45) is 0 Å². The third kappa shape index (κ3) is 4.94. The minimum absolute atomic E-state index is 0.0327. The molecule has 1 aromatic heterocycles. The molecule has 0 bridgehead atoms. The first-order valence-corrected chi connectivity index (χ1v) is 11.8. The minimum Gasteiger partial charge on any atom is -0.497 e. The number of carbonyl (C=O) groups excluding carboxylic acids is 3. The summed E-state index contributed by atoms with van der Waals surface area (Å²) in [6.45, 7) is 1.63. The maximum absolute atomic E-state index is 14.3. The summed E-state index contributed by atoms with van der Waals surface area (Å²) in [5.41, 5.74) is 1.41. The molecule has 2 atom stereocenters. The molecule has 2 aromatic carbocycles. The fourth-order valence-electron chi connectivity index (χ4n) is 4.62. The number of methoxy groups -OCH3 is 2. The molecule has 0 saturated carbocycles. The first-order valence-electron chi connectivity index (χ1n) is 11.5. The Morgan fingerprint density at radius 1 is 1.19 bits per heavy atom. The number of nitrogens with one attached hydrogen (secondary N) is 1. The van der Waals surface area contributed by atoms with Crippen molar-refractivity contribution in [3.63, 3.8) is 0 Å². The van der Waals surface area contributed by atoms with Crippen molar-refractivity contribution in [2.75, 3.05) is 20.8 Å². The Morgan fingerprint density at radius 3 is 2.67 bits per heavy atom. The molecule has 36 heavy (non-hydrogen) atoms. The number of carbonyl (C=O) groups is 3. The average Bonchev–Trinajstić information content (AvgIpc) is 3.46. The number of aromatic nitrogens is 1. The molecular weight excluding hydrogens is 489 g/mol. The van der Waals surface area contributed by atoms with Crippen molar-refractivity contribution in [3.8, 4) is 5.75 Å². The van der Waals surface area contributed by atoms with Crippen molar-refractivity contribution in [1.82, 2.24) is 14.8 Å². The van der Waals surface area contributed by atoms with Gasteiger partial charge >= 0.3 is 0 Å². The van der Waals surface area contributed by atoms with Gasteiger partial charge in [0, 0.05) is 49.0 Å². The summed E-state index contributed by atoms with van der Waals surface area (Å²) in [6.07, 6.45) is 1.61. The van der Waals surface area contributed by atoms with Gasteiger partial charge in [0.2, 0.25) is 11.8 Å². The van der Waals surface area contributed by atoms with Gasteiger partial charge in [0.1, 0.15) is 24.2 Å². The molecule has 10 heteroatoms. The molecule has 1 saturated heterocycles.